The van der Waals surface area contributed by atoms with Crippen molar-refractivity contribution in [2.24, 2.45) is 5.92 Å². The fourth-order valence-corrected chi connectivity index (χ4v) is 4.47. The fraction of sp³-hybridized carbons (Fsp3) is 0.458. The number of piperidine rings is 1. The predicted molar refractivity (Wildman–Crippen MR) is 115 cm³/mol. The molecule has 0 spiro atoms. The first-order valence-electron chi connectivity index (χ1n) is 10.2. The molecule has 2 aromatic rings. The largest absolute Gasteiger partial charge is 0.454 e. The molecule has 1 heterocycles. The van der Waals surface area contributed by atoms with Gasteiger partial charge in [0.15, 0.2) is 0 Å². The summed E-state index contributed by atoms with van der Waals surface area (Å²) in [6, 6.07) is 21.2. The average molecular weight is 400 g/mol. The summed E-state index contributed by atoms with van der Waals surface area (Å²) in [5, 5.41) is 0. The third kappa shape index (κ3) is 4.59. The van der Waals surface area contributed by atoms with Crippen molar-refractivity contribution in [2.75, 3.05) is 19.6 Å². The van der Waals surface area contributed by atoms with Gasteiger partial charge >= 0.3 is 5.97 Å². The number of carbonyl (C=O) groups excluding carboxylic acids is 1. The van der Waals surface area contributed by atoms with Gasteiger partial charge in [0, 0.05) is 38.9 Å². The molecule has 28 heavy (non-hydrogen) atoms. The molecule has 0 radical (unpaired) electrons. The highest BCUT2D eigenvalue weighted by atomic mass is 35.5. The maximum absolute atomic E-state index is 12.1. The Balaban J connectivity index is 0.00000225. The topological polar surface area (TPSA) is 29.5 Å². The standard InChI is InChI=1S/C24H29NO2.ClH/c1-2-23(26)27-24(21-11-7-4-8-12-21)13-15-25(16-14-24)18-20-17-22(20)19-9-5-3-6-10-19;/h3-12,20,22H,2,13-18H2,1H3;1H/t20-,22-;/m0./s1. The van der Waals surface area contributed by atoms with E-state index in [1.165, 1.54) is 12.0 Å². The molecule has 0 aromatic heterocycles. The van der Waals surface area contributed by atoms with Crippen LogP contribution in [0.5, 0.6) is 0 Å². The van der Waals surface area contributed by atoms with Gasteiger partial charge in [-0.2, -0.15) is 0 Å². The number of benzene rings is 2. The molecule has 1 aliphatic heterocycles. The van der Waals surface area contributed by atoms with Gasteiger partial charge in [-0.3, -0.25) is 4.79 Å². The van der Waals surface area contributed by atoms with E-state index in [1.54, 1.807) is 0 Å². The third-order valence-electron chi connectivity index (χ3n) is 6.20. The first-order chi connectivity index (χ1) is 13.2. The van der Waals surface area contributed by atoms with E-state index < -0.39 is 5.60 Å². The summed E-state index contributed by atoms with van der Waals surface area (Å²) in [6.07, 6.45) is 3.49. The van der Waals surface area contributed by atoms with Crippen LogP contribution in [0.1, 0.15) is 49.7 Å². The highest BCUT2D eigenvalue weighted by molar-refractivity contribution is 5.85. The molecule has 2 aromatic carbocycles. The number of hydrogen-bond donors (Lipinski definition) is 0. The molecule has 1 aliphatic carbocycles. The predicted octanol–water partition coefficient (Wildman–Crippen LogP) is 5.16. The number of esters is 1. The molecule has 0 N–H and O–H groups in total. The zero-order chi connectivity index (χ0) is 18.7. The van der Waals surface area contributed by atoms with Crippen molar-refractivity contribution < 1.29 is 9.53 Å². The van der Waals surface area contributed by atoms with E-state index >= 15 is 0 Å². The summed E-state index contributed by atoms with van der Waals surface area (Å²) in [4.78, 5) is 14.7. The molecular weight excluding hydrogens is 370 g/mol. The van der Waals surface area contributed by atoms with Crippen LogP contribution in [0.15, 0.2) is 60.7 Å². The van der Waals surface area contributed by atoms with Crippen LogP contribution in [0.25, 0.3) is 0 Å². The Hall–Kier alpha value is -1.84. The Morgan fingerprint density at radius 3 is 2.25 bits per heavy atom. The van der Waals surface area contributed by atoms with E-state index in [1.807, 2.05) is 25.1 Å². The minimum atomic E-state index is -0.451. The summed E-state index contributed by atoms with van der Waals surface area (Å²) in [5.41, 5.74) is 2.17. The van der Waals surface area contributed by atoms with Gasteiger partial charge in [-0.15, -0.1) is 12.4 Å². The van der Waals surface area contributed by atoms with Gasteiger partial charge in [0.2, 0.25) is 0 Å². The van der Waals surface area contributed by atoms with Crippen LogP contribution < -0.4 is 0 Å². The fourth-order valence-electron chi connectivity index (χ4n) is 4.47. The van der Waals surface area contributed by atoms with E-state index in [0.717, 1.165) is 49.9 Å². The number of likely N-dealkylation sites (tertiary alicyclic amines) is 1. The maximum atomic E-state index is 12.1. The van der Waals surface area contributed by atoms with E-state index in [-0.39, 0.29) is 18.4 Å². The lowest BCUT2D eigenvalue weighted by Gasteiger charge is -2.41. The third-order valence-corrected chi connectivity index (χ3v) is 6.20. The molecule has 4 heteroatoms. The second-order valence-electron chi connectivity index (χ2n) is 8.00. The molecule has 2 atom stereocenters. The number of rotatable bonds is 6. The van der Waals surface area contributed by atoms with Gasteiger partial charge in [0.1, 0.15) is 5.60 Å². The lowest BCUT2D eigenvalue weighted by Crippen LogP contribution is -2.45. The average Bonchev–Trinajstić information content (AvgIpc) is 3.50. The lowest BCUT2D eigenvalue weighted by atomic mass is 9.84. The SMILES string of the molecule is CCC(=O)OC1(c2ccccc2)CCN(C[C@@H]2C[C@H]2c2ccccc2)CC1.Cl. The quantitative estimate of drug-likeness (QED) is 0.628. The Bertz CT molecular complexity index is 757. The van der Waals surface area contributed by atoms with Crippen molar-refractivity contribution in [3.63, 3.8) is 0 Å². The van der Waals surface area contributed by atoms with Crippen molar-refractivity contribution in [2.45, 2.75) is 44.1 Å². The number of carbonyl (C=O) groups is 1. The highest BCUT2D eigenvalue weighted by Gasteiger charge is 2.43. The molecule has 0 amide bonds. The Morgan fingerprint density at radius 2 is 1.64 bits per heavy atom. The number of nitrogens with zero attached hydrogens (tertiary/aromatic N) is 1. The molecule has 4 rings (SSSR count). The van der Waals surface area contributed by atoms with E-state index in [9.17, 15) is 4.79 Å². The number of ether oxygens (including phenoxy) is 1. The first kappa shape index (κ1) is 20.9. The minimum absolute atomic E-state index is 0. The van der Waals surface area contributed by atoms with Crippen LogP contribution in [0.2, 0.25) is 0 Å². The van der Waals surface area contributed by atoms with Crippen LogP contribution in [0, 0.1) is 5.92 Å². The molecule has 2 aliphatic rings. The minimum Gasteiger partial charge on any atom is -0.454 e. The zero-order valence-corrected chi connectivity index (χ0v) is 17.4. The summed E-state index contributed by atoms with van der Waals surface area (Å²) in [7, 11) is 0. The van der Waals surface area contributed by atoms with Crippen LogP contribution in [-0.2, 0) is 15.1 Å². The van der Waals surface area contributed by atoms with Crippen LogP contribution >= 0.6 is 12.4 Å². The molecule has 0 bridgehead atoms. The van der Waals surface area contributed by atoms with Crippen LogP contribution in [0.4, 0.5) is 0 Å². The molecular formula is C24H30ClNO2. The second kappa shape index (κ2) is 9.11. The van der Waals surface area contributed by atoms with E-state index in [0.29, 0.717) is 6.42 Å². The normalized spacial score (nSPS) is 23.5. The van der Waals surface area contributed by atoms with Crippen molar-refractivity contribution in [3.05, 3.63) is 71.8 Å². The Labute approximate surface area is 174 Å². The van der Waals surface area contributed by atoms with Crippen LogP contribution in [0.3, 0.4) is 0 Å². The van der Waals surface area contributed by atoms with E-state index in [4.69, 9.17) is 4.74 Å². The number of halogens is 1. The van der Waals surface area contributed by atoms with Crippen molar-refractivity contribution in [1.29, 1.82) is 0 Å². The molecule has 2 fully saturated rings. The van der Waals surface area contributed by atoms with Crippen molar-refractivity contribution >= 4 is 18.4 Å². The summed E-state index contributed by atoms with van der Waals surface area (Å²) < 4.78 is 6.01. The molecule has 1 saturated carbocycles. The zero-order valence-electron chi connectivity index (χ0n) is 16.5. The van der Waals surface area contributed by atoms with Crippen LogP contribution in [-0.4, -0.2) is 30.5 Å². The van der Waals surface area contributed by atoms with Crippen molar-refractivity contribution in [1.82, 2.24) is 4.90 Å². The number of hydrogen-bond acceptors (Lipinski definition) is 3. The lowest BCUT2D eigenvalue weighted by molar-refractivity contribution is -0.166. The molecule has 3 nitrogen and oxygen atoms in total. The summed E-state index contributed by atoms with van der Waals surface area (Å²) in [5.74, 6) is 1.40. The van der Waals surface area contributed by atoms with Gasteiger partial charge in [-0.05, 0) is 29.4 Å². The van der Waals surface area contributed by atoms with Gasteiger partial charge in [-0.1, -0.05) is 67.6 Å². The van der Waals surface area contributed by atoms with Gasteiger partial charge in [-0.25, -0.2) is 0 Å². The first-order valence-corrected chi connectivity index (χ1v) is 10.2. The van der Waals surface area contributed by atoms with Gasteiger partial charge in [0.25, 0.3) is 0 Å². The van der Waals surface area contributed by atoms with Crippen molar-refractivity contribution in [3.8, 4) is 0 Å². The smallest absolute Gasteiger partial charge is 0.306 e. The second-order valence-corrected chi connectivity index (χ2v) is 8.00. The van der Waals surface area contributed by atoms with E-state index in [2.05, 4.69) is 47.4 Å². The molecule has 150 valence electrons. The Kier molecular flexibility index (Phi) is 6.79. The molecule has 1 saturated heterocycles. The van der Waals surface area contributed by atoms with Gasteiger partial charge in [0.05, 0.1) is 0 Å². The van der Waals surface area contributed by atoms with Gasteiger partial charge < -0.3 is 9.64 Å². The summed E-state index contributed by atoms with van der Waals surface area (Å²) in [6.45, 7) is 5.01. The highest BCUT2D eigenvalue weighted by Crippen LogP contribution is 2.48. The monoisotopic (exact) mass is 399 g/mol. The maximum Gasteiger partial charge on any atom is 0.306 e. The Morgan fingerprint density at radius 1 is 1.04 bits per heavy atom. The summed E-state index contributed by atoms with van der Waals surface area (Å²) >= 11 is 0. The molecule has 0 unspecified atom stereocenters.